The highest BCUT2D eigenvalue weighted by atomic mass is 31.2. The maximum atomic E-state index is 12.9. The van der Waals surface area contributed by atoms with Crippen molar-refractivity contribution in [2.24, 2.45) is 0 Å². The molecule has 0 aliphatic heterocycles. The van der Waals surface area contributed by atoms with Gasteiger partial charge in [0, 0.05) is 6.42 Å². The second kappa shape index (κ2) is 43.0. The Hall–Kier alpha value is -1.28. The lowest BCUT2D eigenvalue weighted by molar-refractivity contribution is -0.870. The van der Waals surface area contributed by atoms with Crippen molar-refractivity contribution in [2.75, 3.05) is 40.9 Å². The van der Waals surface area contributed by atoms with Gasteiger partial charge in [-0.3, -0.25) is 9.36 Å². The molecule has 3 unspecified atom stereocenters. The van der Waals surface area contributed by atoms with Gasteiger partial charge >= 0.3 is 0 Å². The Balaban J connectivity index is 4.10. The lowest BCUT2D eigenvalue weighted by Gasteiger charge is -2.29. The van der Waals surface area contributed by atoms with Crippen LogP contribution in [-0.4, -0.2) is 68.5 Å². The third-order valence-corrected chi connectivity index (χ3v) is 12.3. The van der Waals surface area contributed by atoms with Crippen LogP contribution in [0.15, 0.2) is 36.5 Å². The fourth-order valence-corrected chi connectivity index (χ4v) is 8.03. The van der Waals surface area contributed by atoms with Gasteiger partial charge < -0.3 is 28.8 Å². The van der Waals surface area contributed by atoms with E-state index in [1.54, 1.807) is 6.08 Å². The molecule has 3 atom stereocenters. The van der Waals surface area contributed by atoms with Crippen LogP contribution in [0.5, 0.6) is 0 Å². The zero-order chi connectivity index (χ0) is 44.3. The molecule has 0 saturated carbocycles. The van der Waals surface area contributed by atoms with E-state index in [9.17, 15) is 19.4 Å². The van der Waals surface area contributed by atoms with Crippen LogP contribution in [0.1, 0.15) is 232 Å². The fraction of sp³-hybridized carbons (Fsp3) is 0.863. The van der Waals surface area contributed by atoms with Crippen molar-refractivity contribution in [3.05, 3.63) is 36.5 Å². The molecule has 0 saturated heterocycles. The van der Waals surface area contributed by atoms with E-state index in [1.165, 1.54) is 161 Å². The predicted molar refractivity (Wildman–Crippen MR) is 256 cm³/mol. The van der Waals surface area contributed by atoms with E-state index < -0.39 is 26.6 Å². The summed E-state index contributed by atoms with van der Waals surface area (Å²) in [5.74, 6) is -0.210. The molecule has 8 nitrogen and oxygen atoms in total. The van der Waals surface area contributed by atoms with Crippen LogP contribution < -0.4 is 10.2 Å². The third-order valence-electron chi connectivity index (χ3n) is 11.3. The minimum absolute atomic E-state index is 0.00800. The Morgan fingerprint density at radius 3 is 1.32 bits per heavy atom. The van der Waals surface area contributed by atoms with Gasteiger partial charge in [-0.2, -0.15) is 0 Å². The summed E-state index contributed by atoms with van der Waals surface area (Å²) in [6.45, 7) is 4.56. The molecule has 60 heavy (non-hydrogen) atoms. The van der Waals surface area contributed by atoms with Crippen molar-refractivity contribution in [3.8, 4) is 0 Å². The number of aliphatic hydroxyl groups excluding tert-OH is 1. The molecule has 0 bridgehead atoms. The molecule has 0 aromatic heterocycles. The first-order valence-corrected chi connectivity index (χ1v) is 26.8. The molecule has 2 N–H and O–H groups in total. The number of quaternary nitrogens is 1. The molecule has 0 radical (unpaired) electrons. The lowest BCUT2D eigenvalue weighted by Crippen LogP contribution is -2.45. The van der Waals surface area contributed by atoms with Crippen LogP contribution in [0.25, 0.3) is 0 Å². The number of unbranched alkanes of at least 4 members (excludes halogenated alkanes) is 29. The zero-order valence-electron chi connectivity index (χ0n) is 40.2. The standard InChI is InChI=1S/C51H99N2O6P/c1-6-8-10-12-14-16-18-19-20-21-22-23-24-25-26-27-28-29-30-31-32-33-35-37-39-41-43-45-51(55)52-49(48-59-60(56,57)58-47-46-53(3,4)5)50(54)44-42-40-38-36-34-17-15-13-11-9-7-2/h11,13,34,36,42,44,49-50,54H,6-10,12,14-33,35,37-41,43,45-48H2,1-5H3,(H-,52,55,56,57)/b13-11+,36-34+,44-42+. The van der Waals surface area contributed by atoms with Gasteiger partial charge in [0.25, 0.3) is 7.82 Å². The van der Waals surface area contributed by atoms with Gasteiger partial charge in [0.2, 0.25) is 5.91 Å². The molecule has 9 heteroatoms. The number of nitrogens with zero attached hydrogens (tertiary/aromatic N) is 1. The van der Waals surface area contributed by atoms with Gasteiger partial charge in [0.1, 0.15) is 13.2 Å². The number of likely N-dealkylation sites (N-methyl/N-ethyl adjacent to an activating group) is 1. The van der Waals surface area contributed by atoms with Crippen LogP contribution >= 0.6 is 7.82 Å². The van der Waals surface area contributed by atoms with Crippen LogP contribution in [0, 0.1) is 0 Å². The molecule has 0 aromatic carbocycles. The molecule has 0 rings (SSSR count). The van der Waals surface area contributed by atoms with Crippen molar-refractivity contribution in [2.45, 2.75) is 244 Å². The van der Waals surface area contributed by atoms with E-state index in [2.05, 4.69) is 43.5 Å². The van der Waals surface area contributed by atoms with Crippen molar-refractivity contribution >= 4 is 13.7 Å². The predicted octanol–water partition coefficient (Wildman–Crippen LogP) is 14.0. The van der Waals surface area contributed by atoms with Crippen molar-refractivity contribution in [1.29, 1.82) is 0 Å². The second-order valence-electron chi connectivity index (χ2n) is 18.5. The highest BCUT2D eigenvalue weighted by molar-refractivity contribution is 7.45. The van der Waals surface area contributed by atoms with Crippen LogP contribution in [-0.2, 0) is 18.4 Å². The maximum Gasteiger partial charge on any atom is 0.268 e. The topological polar surface area (TPSA) is 108 Å². The largest absolute Gasteiger partial charge is 0.756 e. The lowest BCUT2D eigenvalue weighted by atomic mass is 10.0. The molecule has 0 aliphatic carbocycles. The maximum absolute atomic E-state index is 12.9. The Morgan fingerprint density at radius 1 is 0.567 bits per heavy atom. The Morgan fingerprint density at radius 2 is 0.933 bits per heavy atom. The molecule has 0 heterocycles. The molecular weight excluding hydrogens is 768 g/mol. The average molecular weight is 867 g/mol. The van der Waals surface area contributed by atoms with Crippen LogP contribution in [0.2, 0.25) is 0 Å². The highest BCUT2D eigenvalue weighted by Crippen LogP contribution is 2.38. The number of hydrogen-bond acceptors (Lipinski definition) is 6. The number of rotatable bonds is 46. The Kier molecular flexibility index (Phi) is 42.1. The van der Waals surface area contributed by atoms with E-state index in [-0.39, 0.29) is 12.5 Å². The number of allylic oxidation sites excluding steroid dienone is 5. The molecular formula is C51H99N2O6P. The van der Waals surface area contributed by atoms with Crippen LogP contribution in [0.4, 0.5) is 0 Å². The highest BCUT2D eigenvalue weighted by Gasteiger charge is 2.23. The molecule has 0 spiro atoms. The monoisotopic (exact) mass is 867 g/mol. The minimum atomic E-state index is -4.60. The van der Waals surface area contributed by atoms with E-state index >= 15 is 0 Å². The Bertz CT molecular complexity index is 1070. The number of phosphoric acid groups is 1. The molecule has 1 amide bonds. The van der Waals surface area contributed by atoms with Gasteiger partial charge in [0.15, 0.2) is 0 Å². The van der Waals surface area contributed by atoms with Crippen molar-refractivity contribution in [3.63, 3.8) is 0 Å². The summed E-state index contributed by atoms with van der Waals surface area (Å²) in [6.07, 6.45) is 53.7. The minimum Gasteiger partial charge on any atom is -0.756 e. The summed E-state index contributed by atoms with van der Waals surface area (Å²) < 4.78 is 23.2. The number of amides is 1. The first-order valence-electron chi connectivity index (χ1n) is 25.4. The first-order chi connectivity index (χ1) is 29.0. The molecule has 0 fully saturated rings. The van der Waals surface area contributed by atoms with E-state index in [1.807, 2.05) is 27.2 Å². The summed E-state index contributed by atoms with van der Waals surface area (Å²) >= 11 is 0. The van der Waals surface area contributed by atoms with Gasteiger partial charge in [-0.25, -0.2) is 0 Å². The van der Waals surface area contributed by atoms with E-state index in [0.717, 1.165) is 51.4 Å². The number of aliphatic hydroxyl groups is 1. The second-order valence-corrected chi connectivity index (χ2v) is 19.9. The van der Waals surface area contributed by atoms with Gasteiger partial charge in [0.05, 0.1) is 39.9 Å². The van der Waals surface area contributed by atoms with E-state index in [0.29, 0.717) is 17.4 Å². The third kappa shape index (κ3) is 44.8. The van der Waals surface area contributed by atoms with Gasteiger partial charge in [-0.15, -0.1) is 0 Å². The number of carbonyl (C=O) groups excluding carboxylic acids is 1. The fourth-order valence-electron chi connectivity index (χ4n) is 7.31. The summed E-state index contributed by atoms with van der Waals surface area (Å²) in [4.78, 5) is 25.3. The zero-order valence-corrected chi connectivity index (χ0v) is 41.1. The first kappa shape index (κ1) is 58.7. The number of nitrogens with one attached hydrogen (secondary N) is 1. The molecule has 0 aliphatic rings. The molecule has 0 aromatic rings. The van der Waals surface area contributed by atoms with E-state index in [4.69, 9.17) is 9.05 Å². The molecule has 354 valence electrons. The summed E-state index contributed by atoms with van der Waals surface area (Å²) in [7, 11) is 1.24. The smallest absolute Gasteiger partial charge is 0.268 e. The summed E-state index contributed by atoms with van der Waals surface area (Å²) in [5, 5.41) is 13.7. The summed E-state index contributed by atoms with van der Waals surface area (Å²) in [6, 6.07) is -0.905. The number of phosphoric ester groups is 1. The summed E-state index contributed by atoms with van der Waals surface area (Å²) in [5.41, 5.74) is 0. The average Bonchev–Trinajstić information content (AvgIpc) is 3.20. The van der Waals surface area contributed by atoms with Gasteiger partial charge in [-0.1, -0.05) is 224 Å². The Labute approximate surface area is 372 Å². The van der Waals surface area contributed by atoms with Crippen molar-refractivity contribution < 1.29 is 32.9 Å². The number of hydrogen-bond donors (Lipinski definition) is 2. The normalized spacial score (nSPS) is 14.4. The van der Waals surface area contributed by atoms with Crippen molar-refractivity contribution in [1.82, 2.24) is 5.32 Å². The quantitative estimate of drug-likeness (QED) is 0.0273. The SMILES string of the molecule is CCC/C=C/CC/C=C/CC/C=C/C(O)C(COP(=O)([O-])OCC[N+](C)(C)C)NC(=O)CCCCCCCCCCCCCCCCCCCCCCCCCCCCC. The van der Waals surface area contributed by atoms with Gasteiger partial charge in [-0.05, 0) is 38.5 Å². The van der Waals surface area contributed by atoms with Crippen LogP contribution in [0.3, 0.4) is 0 Å². The number of carbonyl (C=O) groups is 1.